The largest absolute Gasteiger partial charge is 0.369 e. The van der Waals surface area contributed by atoms with Gasteiger partial charge in [-0.05, 0) is 40.5 Å². The van der Waals surface area contributed by atoms with Crippen LogP contribution in [0.1, 0.15) is 11.1 Å². The number of carbonyl (C=O) groups excluding carboxylic acids is 1. The number of amides is 1. The zero-order chi connectivity index (χ0) is 19.0. The zero-order valence-electron chi connectivity index (χ0n) is 14.8. The van der Waals surface area contributed by atoms with Crippen LogP contribution < -0.4 is 5.73 Å². The van der Waals surface area contributed by atoms with E-state index in [0.29, 0.717) is 5.56 Å². The summed E-state index contributed by atoms with van der Waals surface area (Å²) in [6.45, 7) is 0. The van der Waals surface area contributed by atoms with Crippen molar-refractivity contribution in [3.8, 4) is 11.1 Å². The molecule has 4 rings (SSSR count). The molecule has 5 heteroatoms. The third-order valence-corrected chi connectivity index (χ3v) is 4.89. The highest BCUT2D eigenvalue weighted by molar-refractivity contribution is 6.09. The molecule has 0 bridgehead atoms. The molecule has 134 valence electrons. The molecule has 0 spiro atoms. The second-order valence-electron chi connectivity index (χ2n) is 6.50. The van der Waals surface area contributed by atoms with Crippen LogP contribution in [0.3, 0.4) is 0 Å². The Kier molecular flexibility index (Phi) is 4.00. The average Bonchev–Trinajstić information content (AvgIpc) is 2.94. The van der Waals surface area contributed by atoms with Gasteiger partial charge < -0.3 is 5.73 Å². The Morgan fingerprint density at radius 3 is 2.19 bits per heavy atom. The summed E-state index contributed by atoms with van der Waals surface area (Å²) in [5, 5.41) is 0. The van der Waals surface area contributed by atoms with Crippen LogP contribution in [-0.4, -0.2) is 23.8 Å². The van der Waals surface area contributed by atoms with Crippen LogP contribution >= 0.6 is 0 Å². The topological polar surface area (TPSA) is 58.7 Å². The number of benzene rings is 3. The Labute approximate surface area is 156 Å². The molecular weight excluding hydrogens is 341 g/mol. The Bertz CT molecular complexity index is 1030. The molecule has 0 radical (unpaired) electrons. The van der Waals surface area contributed by atoms with Crippen molar-refractivity contribution in [2.24, 2.45) is 10.7 Å². The minimum atomic E-state index is -1.23. The van der Waals surface area contributed by atoms with Gasteiger partial charge in [-0.15, -0.1) is 0 Å². The molecule has 2 N–H and O–H groups in total. The molecule has 3 aromatic carbocycles. The predicted octanol–water partition coefficient (Wildman–Crippen LogP) is 3.52. The van der Waals surface area contributed by atoms with Crippen molar-refractivity contribution in [3.05, 3.63) is 95.8 Å². The highest BCUT2D eigenvalue weighted by Gasteiger charge is 2.49. The maximum absolute atomic E-state index is 13.3. The molecule has 3 aromatic rings. The summed E-state index contributed by atoms with van der Waals surface area (Å²) in [7, 11) is 1.62. The van der Waals surface area contributed by atoms with Crippen LogP contribution in [0.2, 0.25) is 0 Å². The van der Waals surface area contributed by atoms with Gasteiger partial charge in [0.2, 0.25) is 0 Å². The Hall–Kier alpha value is -3.47. The van der Waals surface area contributed by atoms with Crippen LogP contribution in [0.4, 0.5) is 4.39 Å². The van der Waals surface area contributed by atoms with Gasteiger partial charge in [0.1, 0.15) is 5.82 Å². The molecule has 0 aromatic heterocycles. The fourth-order valence-electron chi connectivity index (χ4n) is 3.43. The number of hydrogen-bond donors (Lipinski definition) is 1. The number of aliphatic imine (C=N–C) groups is 1. The van der Waals surface area contributed by atoms with Gasteiger partial charge in [0.15, 0.2) is 11.5 Å². The van der Waals surface area contributed by atoms with Crippen molar-refractivity contribution in [2.45, 2.75) is 5.54 Å². The fraction of sp³-hybridized carbons (Fsp3) is 0.0909. The van der Waals surface area contributed by atoms with Gasteiger partial charge in [-0.3, -0.25) is 9.69 Å². The number of likely N-dealkylation sites (N-methyl/N-ethyl adjacent to an activating group) is 1. The maximum Gasteiger partial charge on any atom is 0.266 e. The predicted molar refractivity (Wildman–Crippen MR) is 103 cm³/mol. The smallest absolute Gasteiger partial charge is 0.266 e. The summed E-state index contributed by atoms with van der Waals surface area (Å²) in [4.78, 5) is 19.2. The van der Waals surface area contributed by atoms with Crippen LogP contribution in [-0.2, 0) is 10.3 Å². The van der Waals surface area contributed by atoms with Crippen molar-refractivity contribution in [1.82, 2.24) is 4.90 Å². The van der Waals surface area contributed by atoms with E-state index in [9.17, 15) is 9.18 Å². The molecule has 1 aliphatic heterocycles. The second kappa shape index (κ2) is 6.36. The average molecular weight is 359 g/mol. The van der Waals surface area contributed by atoms with Crippen LogP contribution in [0.25, 0.3) is 11.1 Å². The lowest BCUT2D eigenvalue weighted by Gasteiger charge is -2.26. The van der Waals surface area contributed by atoms with Crippen molar-refractivity contribution in [3.63, 3.8) is 0 Å². The number of nitrogens with two attached hydrogens (primary N) is 1. The Balaban J connectivity index is 1.92. The minimum absolute atomic E-state index is 0.177. The lowest BCUT2D eigenvalue weighted by Crippen LogP contribution is -2.41. The third-order valence-electron chi connectivity index (χ3n) is 4.89. The standard InChI is InChI=1S/C22H18FN3O/c1-26-20(27)22(25-21(26)24,17-7-3-2-4-8-17)18-9-5-6-16(14-18)15-10-12-19(23)13-11-15/h2-14H,1H3,(H2,24,25). The van der Waals surface area contributed by atoms with Gasteiger partial charge >= 0.3 is 0 Å². The van der Waals surface area contributed by atoms with Gasteiger partial charge in [-0.2, -0.15) is 0 Å². The monoisotopic (exact) mass is 359 g/mol. The molecule has 1 amide bonds. The van der Waals surface area contributed by atoms with E-state index >= 15 is 0 Å². The number of carbonyl (C=O) groups is 1. The van der Waals surface area contributed by atoms with E-state index < -0.39 is 5.54 Å². The second-order valence-corrected chi connectivity index (χ2v) is 6.50. The highest BCUT2D eigenvalue weighted by Crippen LogP contribution is 2.40. The maximum atomic E-state index is 13.3. The molecule has 4 nitrogen and oxygen atoms in total. The van der Waals surface area contributed by atoms with E-state index in [0.717, 1.165) is 16.7 Å². The fourth-order valence-corrected chi connectivity index (χ4v) is 3.43. The van der Waals surface area contributed by atoms with Crippen LogP contribution in [0, 0.1) is 5.82 Å². The molecule has 0 saturated heterocycles. The molecule has 0 saturated carbocycles. The van der Waals surface area contributed by atoms with Crippen molar-refractivity contribution in [1.29, 1.82) is 0 Å². The van der Waals surface area contributed by atoms with Gasteiger partial charge in [0.05, 0.1) is 0 Å². The first-order valence-corrected chi connectivity index (χ1v) is 8.58. The molecule has 1 unspecified atom stereocenters. The summed E-state index contributed by atoms with van der Waals surface area (Å²) in [5.74, 6) is -0.320. The molecule has 1 aliphatic rings. The van der Waals surface area contributed by atoms with Crippen molar-refractivity contribution >= 4 is 11.9 Å². The van der Waals surface area contributed by atoms with Gasteiger partial charge in [-0.1, -0.05) is 60.7 Å². The summed E-state index contributed by atoms with van der Waals surface area (Å²) < 4.78 is 13.3. The van der Waals surface area contributed by atoms with E-state index in [1.54, 1.807) is 19.2 Å². The Morgan fingerprint density at radius 2 is 1.56 bits per heavy atom. The van der Waals surface area contributed by atoms with Gasteiger partial charge in [0, 0.05) is 7.05 Å². The summed E-state index contributed by atoms with van der Waals surface area (Å²) in [6.07, 6.45) is 0. The summed E-state index contributed by atoms with van der Waals surface area (Å²) in [6, 6.07) is 23.2. The van der Waals surface area contributed by atoms with Gasteiger partial charge in [-0.25, -0.2) is 9.38 Å². The zero-order valence-corrected chi connectivity index (χ0v) is 14.8. The third kappa shape index (κ3) is 2.68. The summed E-state index contributed by atoms with van der Waals surface area (Å²) >= 11 is 0. The van der Waals surface area contributed by atoms with E-state index in [4.69, 9.17) is 5.73 Å². The number of guanidine groups is 1. The molecule has 0 aliphatic carbocycles. The van der Waals surface area contributed by atoms with E-state index in [2.05, 4.69) is 4.99 Å². The van der Waals surface area contributed by atoms with Gasteiger partial charge in [0.25, 0.3) is 5.91 Å². The normalized spacial score (nSPS) is 19.3. The number of nitrogens with zero attached hydrogens (tertiary/aromatic N) is 2. The van der Waals surface area contributed by atoms with Crippen molar-refractivity contribution < 1.29 is 9.18 Å². The van der Waals surface area contributed by atoms with E-state index in [-0.39, 0.29) is 17.7 Å². The first kappa shape index (κ1) is 17.0. The quantitative estimate of drug-likeness (QED) is 0.778. The molecule has 0 fully saturated rings. The molecule has 1 heterocycles. The molecule has 1 atom stereocenters. The number of halogens is 1. The van der Waals surface area contributed by atoms with Crippen LogP contribution in [0.5, 0.6) is 0 Å². The summed E-state index contributed by atoms with van der Waals surface area (Å²) in [5.41, 5.74) is 7.97. The van der Waals surface area contributed by atoms with E-state index in [1.807, 2.05) is 54.6 Å². The number of rotatable bonds is 3. The SMILES string of the molecule is CN1C(=O)C(c2ccccc2)(c2cccc(-c3ccc(F)cc3)c2)N=C1N. The first-order valence-electron chi connectivity index (χ1n) is 8.58. The molecule has 27 heavy (non-hydrogen) atoms. The lowest BCUT2D eigenvalue weighted by atomic mass is 9.82. The number of hydrogen-bond acceptors (Lipinski definition) is 3. The lowest BCUT2D eigenvalue weighted by molar-refractivity contribution is -0.129. The van der Waals surface area contributed by atoms with Crippen LogP contribution in [0.15, 0.2) is 83.9 Å². The molecular formula is C22H18FN3O. The first-order chi connectivity index (χ1) is 13.0. The van der Waals surface area contributed by atoms with E-state index in [1.165, 1.54) is 17.0 Å². The highest BCUT2D eigenvalue weighted by atomic mass is 19.1. The Morgan fingerprint density at radius 1 is 0.889 bits per heavy atom. The van der Waals surface area contributed by atoms with Crippen molar-refractivity contribution in [2.75, 3.05) is 7.05 Å². The minimum Gasteiger partial charge on any atom is -0.369 e.